The van der Waals surface area contributed by atoms with Crippen molar-refractivity contribution >= 4 is 46.7 Å². The summed E-state index contributed by atoms with van der Waals surface area (Å²) in [5, 5.41) is 12.3. The van der Waals surface area contributed by atoms with Gasteiger partial charge >= 0.3 is 5.97 Å². The van der Waals surface area contributed by atoms with E-state index in [9.17, 15) is 14.4 Å². The molecule has 7 nitrogen and oxygen atoms in total. The van der Waals surface area contributed by atoms with E-state index in [1.165, 1.54) is 0 Å². The molecule has 1 aliphatic carbocycles. The normalized spacial score (nSPS) is 21.3. The van der Waals surface area contributed by atoms with Gasteiger partial charge in [0, 0.05) is 34.3 Å². The lowest BCUT2D eigenvalue weighted by atomic mass is 9.80. The Morgan fingerprint density at radius 3 is 2.35 bits per heavy atom. The van der Waals surface area contributed by atoms with Crippen molar-refractivity contribution in [2.45, 2.75) is 57.5 Å². The smallest absolute Gasteiger partial charge is 0.305 e. The molecule has 37 heavy (non-hydrogen) atoms. The summed E-state index contributed by atoms with van der Waals surface area (Å²) in [6.45, 7) is 2.79. The molecule has 2 N–H and O–H groups in total. The fourth-order valence-corrected chi connectivity index (χ4v) is 5.73. The Kier molecular flexibility index (Phi) is 8.55. The van der Waals surface area contributed by atoms with Gasteiger partial charge in [-0.1, -0.05) is 48.7 Å². The maximum Gasteiger partial charge on any atom is 0.305 e. The zero-order valence-corrected chi connectivity index (χ0v) is 22.3. The lowest BCUT2D eigenvalue weighted by Crippen LogP contribution is -2.49. The van der Waals surface area contributed by atoms with Crippen LogP contribution in [0.2, 0.25) is 10.0 Å². The molecule has 0 aromatic heterocycles. The van der Waals surface area contributed by atoms with Crippen molar-refractivity contribution < 1.29 is 19.5 Å². The number of rotatable bonds is 9. The van der Waals surface area contributed by atoms with Crippen molar-refractivity contribution in [2.75, 3.05) is 13.1 Å². The summed E-state index contributed by atoms with van der Waals surface area (Å²) in [5.74, 6) is -0.731. The van der Waals surface area contributed by atoms with E-state index in [1.807, 2.05) is 17.0 Å². The minimum atomic E-state index is -0.960. The highest BCUT2D eigenvalue weighted by molar-refractivity contribution is 6.47. The van der Waals surface area contributed by atoms with Gasteiger partial charge in [0.1, 0.15) is 11.4 Å². The number of nitrogens with one attached hydrogen (secondary N) is 1. The summed E-state index contributed by atoms with van der Waals surface area (Å²) in [4.78, 5) is 43.5. The van der Waals surface area contributed by atoms with Crippen LogP contribution in [0, 0.1) is 5.92 Å². The van der Waals surface area contributed by atoms with Gasteiger partial charge in [-0.05, 0) is 73.9 Å². The predicted molar refractivity (Wildman–Crippen MR) is 144 cm³/mol. The van der Waals surface area contributed by atoms with Gasteiger partial charge in [-0.25, -0.2) is 0 Å². The molecule has 2 aromatic carbocycles. The van der Waals surface area contributed by atoms with E-state index in [0.29, 0.717) is 45.8 Å². The minimum absolute atomic E-state index is 0.0775. The van der Waals surface area contributed by atoms with Crippen LogP contribution in [0.3, 0.4) is 0 Å². The van der Waals surface area contributed by atoms with Crippen LogP contribution < -0.4 is 5.32 Å². The summed E-state index contributed by atoms with van der Waals surface area (Å²) in [6, 6.07) is 12.3. The molecular weight excluding hydrogens is 513 g/mol. The van der Waals surface area contributed by atoms with Gasteiger partial charge in [0.05, 0.1) is 6.42 Å². The average Bonchev–Trinajstić information content (AvgIpc) is 3.13. The van der Waals surface area contributed by atoms with E-state index in [4.69, 9.17) is 33.3 Å². The molecule has 1 heterocycles. The molecule has 0 unspecified atom stereocenters. The number of carboxylic acid groups (broad SMARTS) is 1. The van der Waals surface area contributed by atoms with Gasteiger partial charge in [0.2, 0.25) is 0 Å². The number of hydrogen-bond donors (Lipinski definition) is 2. The zero-order valence-electron chi connectivity index (χ0n) is 20.8. The summed E-state index contributed by atoms with van der Waals surface area (Å²) in [6.07, 6.45) is 5.32. The lowest BCUT2D eigenvalue weighted by Gasteiger charge is -2.41. The second kappa shape index (κ2) is 11.7. The summed E-state index contributed by atoms with van der Waals surface area (Å²) in [7, 11) is 0. The fraction of sp³-hybridized carbons (Fsp3) is 0.429. The molecule has 1 fully saturated rings. The number of carbonyl (C=O) groups is 3. The Bertz CT molecular complexity index is 1180. The van der Waals surface area contributed by atoms with Gasteiger partial charge in [-0.3, -0.25) is 19.4 Å². The standard InChI is InChI=1S/C28H31Cl2N3O4/c1-2-18-7-11-28(12-8-18)32-25(21-15-22(29)17-23(30)16-21)27(37)33(28)14-10-19-3-5-20(6-4-19)26(36)31-13-9-24(34)35/h3-6,15-18H,2,7-14H2,1H3,(H,31,36)(H,34,35). The third kappa shape index (κ3) is 6.33. The van der Waals surface area contributed by atoms with Crippen molar-refractivity contribution in [2.24, 2.45) is 10.9 Å². The minimum Gasteiger partial charge on any atom is -0.481 e. The monoisotopic (exact) mass is 543 g/mol. The molecule has 9 heteroatoms. The van der Waals surface area contributed by atoms with E-state index in [2.05, 4.69) is 12.2 Å². The molecule has 0 saturated heterocycles. The molecule has 1 aliphatic heterocycles. The first-order chi connectivity index (χ1) is 17.7. The molecular formula is C28H31Cl2N3O4. The third-order valence-electron chi connectivity index (χ3n) is 7.35. The Balaban J connectivity index is 1.49. The second-order valence-corrected chi connectivity index (χ2v) is 10.6. The maximum absolute atomic E-state index is 13.7. The number of carbonyl (C=O) groups excluding carboxylic acids is 2. The number of benzene rings is 2. The highest BCUT2D eigenvalue weighted by Crippen LogP contribution is 2.42. The van der Waals surface area contributed by atoms with E-state index < -0.39 is 11.6 Å². The molecule has 4 rings (SSSR count). The van der Waals surface area contributed by atoms with Crippen LogP contribution in [0.4, 0.5) is 0 Å². The number of amides is 2. The van der Waals surface area contributed by atoms with Crippen molar-refractivity contribution in [1.29, 1.82) is 0 Å². The van der Waals surface area contributed by atoms with Crippen molar-refractivity contribution in [3.05, 3.63) is 69.2 Å². The maximum atomic E-state index is 13.7. The fourth-order valence-electron chi connectivity index (χ4n) is 5.20. The number of nitrogens with zero attached hydrogens (tertiary/aromatic N) is 2. The molecule has 196 valence electrons. The Labute approximate surface area is 226 Å². The third-order valence-corrected chi connectivity index (χ3v) is 7.79. The second-order valence-electron chi connectivity index (χ2n) is 9.76. The molecule has 2 amide bonds. The van der Waals surface area contributed by atoms with E-state index in [-0.39, 0.29) is 24.8 Å². The SMILES string of the molecule is CCC1CCC2(CC1)N=C(c1cc(Cl)cc(Cl)c1)C(=O)N2CCc1ccc(C(=O)NCCC(=O)O)cc1. The molecule has 1 saturated carbocycles. The lowest BCUT2D eigenvalue weighted by molar-refractivity contribution is -0.136. The quantitative estimate of drug-likeness (QED) is 0.444. The first kappa shape index (κ1) is 27.1. The summed E-state index contributed by atoms with van der Waals surface area (Å²) in [5.41, 5.74) is 1.94. The van der Waals surface area contributed by atoms with Crippen LogP contribution >= 0.6 is 23.2 Å². The van der Waals surface area contributed by atoms with E-state index in [0.717, 1.165) is 37.7 Å². The largest absolute Gasteiger partial charge is 0.481 e. The number of carboxylic acids is 1. The highest BCUT2D eigenvalue weighted by atomic mass is 35.5. The van der Waals surface area contributed by atoms with Crippen LogP contribution in [0.15, 0.2) is 47.5 Å². The number of hydrogen-bond acceptors (Lipinski definition) is 4. The summed E-state index contributed by atoms with van der Waals surface area (Å²) >= 11 is 12.5. The van der Waals surface area contributed by atoms with Gasteiger partial charge in [-0.2, -0.15) is 0 Å². The molecule has 2 aliphatic rings. The Morgan fingerprint density at radius 1 is 1.11 bits per heavy atom. The number of aliphatic carboxylic acids is 1. The molecule has 2 aromatic rings. The van der Waals surface area contributed by atoms with E-state index in [1.54, 1.807) is 30.3 Å². The molecule has 0 radical (unpaired) electrons. The van der Waals surface area contributed by atoms with Gasteiger partial charge in [-0.15, -0.1) is 0 Å². The topological polar surface area (TPSA) is 99.1 Å². The molecule has 0 bridgehead atoms. The van der Waals surface area contributed by atoms with Crippen LogP contribution in [-0.2, 0) is 16.0 Å². The van der Waals surface area contributed by atoms with Gasteiger partial charge in [0.25, 0.3) is 11.8 Å². The van der Waals surface area contributed by atoms with Crippen molar-refractivity contribution in [3.63, 3.8) is 0 Å². The molecule has 0 atom stereocenters. The average molecular weight is 544 g/mol. The zero-order chi connectivity index (χ0) is 26.6. The van der Waals surface area contributed by atoms with Gasteiger partial charge < -0.3 is 15.3 Å². The van der Waals surface area contributed by atoms with Crippen LogP contribution in [0.25, 0.3) is 0 Å². The Hall–Kier alpha value is -2.90. The van der Waals surface area contributed by atoms with Crippen LogP contribution in [0.5, 0.6) is 0 Å². The van der Waals surface area contributed by atoms with Crippen molar-refractivity contribution in [3.8, 4) is 0 Å². The van der Waals surface area contributed by atoms with E-state index >= 15 is 0 Å². The van der Waals surface area contributed by atoms with Crippen LogP contribution in [0.1, 0.15) is 66.9 Å². The predicted octanol–water partition coefficient (Wildman–Crippen LogP) is 5.37. The Morgan fingerprint density at radius 2 is 1.76 bits per heavy atom. The number of aliphatic imine (C=N–C) groups is 1. The van der Waals surface area contributed by atoms with Gasteiger partial charge in [0.15, 0.2) is 0 Å². The highest BCUT2D eigenvalue weighted by Gasteiger charge is 2.48. The van der Waals surface area contributed by atoms with Crippen molar-refractivity contribution in [1.82, 2.24) is 10.2 Å². The van der Waals surface area contributed by atoms with Crippen LogP contribution in [-0.4, -0.2) is 52.3 Å². The first-order valence-electron chi connectivity index (χ1n) is 12.7. The first-order valence-corrected chi connectivity index (χ1v) is 13.4. The summed E-state index contributed by atoms with van der Waals surface area (Å²) < 4.78 is 0. The molecule has 1 spiro atoms. The number of halogens is 2.